The fraction of sp³-hybridized carbons (Fsp3) is 0.333. The summed E-state index contributed by atoms with van der Waals surface area (Å²) in [5.41, 5.74) is 0.647. The zero-order valence-electron chi connectivity index (χ0n) is 5.74. The Kier molecular flexibility index (Phi) is 2.19. The Labute approximate surface area is 66.6 Å². The van der Waals surface area contributed by atoms with Gasteiger partial charge in [0.05, 0.1) is 10.6 Å². The quantitative estimate of drug-likeness (QED) is 0.741. The van der Waals surface area contributed by atoms with Crippen molar-refractivity contribution in [3.05, 3.63) is 16.6 Å². The SMILES string of the molecule is Cc1cc(C(F)C(=O)O)sn1. The number of aliphatic carboxylic acids is 1. The van der Waals surface area contributed by atoms with Crippen LogP contribution in [0.3, 0.4) is 0 Å². The second-order valence-electron chi connectivity index (χ2n) is 2.07. The Morgan fingerprint density at radius 3 is 2.91 bits per heavy atom. The van der Waals surface area contributed by atoms with Gasteiger partial charge in [-0.1, -0.05) is 0 Å². The molecule has 1 N–H and O–H groups in total. The zero-order valence-corrected chi connectivity index (χ0v) is 6.56. The third-order valence-electron chi connectivity index (χ3n) is 1.11. The molecule has 0 radical (unpaired) electrons. The highest BCUT2D eigenvalue weighted by atomic mass is 32.1. The Hall–Kier alpha value is -0.970. The van der Waals surface area contributed by atoms with Crippen LogP contribution in [0.2, 0.25) is 0 Å². The molecule has 0 spiro atoms. The van der Waals surface area contributed by atoms with E-state index in [2.05, 4.69) is 4.37 Å². The predicted molar refractivity (Wildman–Crippen MR) is 38.3 cm³/mol. The molecule has 0 saturated carbocycles. The Balaban J connectivity index is 2.84. The molecule has 0 amide bonds. The van der Waals surface area contributed by atoms with Crippen molar-refractivity contribution in [1.29, 1.82) is 0 Å². The first kappa shape index (κ1) is 8.13. The van der Waals surface area contributed by atoms with E-state index in [4.69, 9.17) is 5.11 Å². The van der Waals surface area contributed by atoms with Crippen molar-refractivity contribution < 1.29 is 14.3 Å². The fourth-order valence-electron chi connectivity index (χ4n) is 0.624. The summed E-state index contributed by atoms with van der Waals surface area (Å²) in [5.74, 6) is -1.46. The number of carboxylic acids is 1. The standard InChI is InChI=1S/C6H6FNO2S/c1-3-2-4(11-8-3)5(7)6(9)10/h2,5H,1H3,(H,9,10). The molecule has 0 fully saturated rings. The van der Waals surface area contributed by atoms with Gasteiger partial charge in [-0.3, -0.25) is 0 Å². The molecule has 0 bridgehead atoms. The highest BCUT2D eigenvalue weighted by molar-refractivity contribution is 7.06. The van der Waals surface area contributed by atoms with Crippen LogP contribution in [0.5, 0.6) is 0 Å². The van der Waals surface area contributed by atoms with Gasteiger partial charge in [0.15, 0.2) is 0 Å². The molecule has 60 valence electrons. The normalized spacial score (nSPS) is 12.9. The number of hydrogen-bond acceptors (Lipinski definition) is 3. The van der Waals surface area contributed by atoms with Gasteiger partial charge in [-0.05, 0) is 24.5 Å². The van der Waals surface area contributed by atoms with E-state index in [9.17, 15) is 9.18 Å². The molecule has 0 aliphatic heterocycles. The monoisotopic (exact) mass is 175 g/mol. The molecule has 1 aromatic rings. The number of nitrogens with zero attached hydrogens (tertiary/aromatic N) is 1. The highest BCUT2D eigenvalue weighted by Gasteiger charge is 2.20. The summed E-state index contributed by atoms with van der Waals surface area (Å²) in [6.45, 7) is 1.69. The Bertz CT molecular complexity index is 273. The maximum absolute atomic E-state index is 12.6. The molecule has 0 saturated heterocycles. The smallest absolute Gasteiger partial charge is 0.343 e. The number of carboxylic acid groups (broad SMARTS) is 1. The van der Waals surface area contributed by atoms with Crippen LogP contribution in [0.1, 0.15) is 16.7 Å². The topological polar surface area (TPSA) is 50.2 Å². The Morgan fingerprint density at radius 2 is 2.55 bits per heavy atom. The van der Waals surface area contributed by atoms with Gasteiger partial charge < -0.3 is 5.11 Å². The van der Waals surface area contributed by atoms with Crippen LogP contribution in [0.15, 0.2) is 6.07 Å². The van der Waals surface area contributed by atoms with E-state index in [1.165, 1.54) is 6.07 Å². The summed E-state index contributed by atoms with van der Waals surface area (Å²) in [4.78, 5) is 10.3. The summed E-state index contributed by atoms with van der Waals surface area (Å²) in [7, 11) is 0. The van der Waals surface area contributed by atoms with Crippen LogP contribution >= 0.6 is 11.5 Å². The van der Waals surface area contributed by atoms with Gasteiger partial charge in [-0.15, -0.1) is 0 Å². The third kappa shape index (κ3) is 1.74. The maximum atomic E-state index is 12.6. The van der Waals surface area contributed by atoms with E-state index in [0.29, 0.717) is 5.69 Å². The molecule has 1 aromatic heterocycles. The number of halogens is 1. The summed E-state index contributed by atoms with van der Waals surface area (Å²) in [6, 6.07) is 1.43. The summed E-state index contributed by atoms with van der Waals surface area (Å²) in [6.07, 6.45) is -1.93. The largest absolute Gasteiger partial charge is 0.479 e. The van der Waals surface area contributed by atoms with Crippen LogP contribution in [0.4, 0.5) is 4.39 Å². The molecule has 1 rings (SSSR count). The molecule has 3 nitrogen and oxygen atoms in total. The van der Waals surface area contributed by atoms with E-state index in [1.807, 2.05) is 0 Å². The van der Waals surface area contributed by atoms with Crippen LogP contribution < -0.4 is 0 Å². The minimum Gasteiger partial charge on any atom is -0.479 e. The summed E-state index contributed by atoms with van der Waals surface area (Å²) in [5, 5.41) is 8.25. The highest BCUT2D eigenvalue weighted by Crippen LogP contribution is 2.22. The van der Waals surface area contributed by atoms with Gasteiger partial charge in [0.2, 0.25) is 6.17 Å². The van der Waals surface area contributed by atoms with Gasteiger partial charge in [-0.25, -0.2) is 9.18 Å². The molecule has 0 aliphatic carbocycles. The van der Waals surface area contributed by atoms with E-state index >= 15 is 0 Å². The molecule has 0 aliphatic rings. The van der Waals surface area contributed by atoms with Gasteiger partial charge in [-0.2, -0.15) is 4.37 Å². The predicted octanol–water partition coefficient (Wildman–Crippen LogP) is 1.55. The molecule has 1 atom stereocenters. The number of carbonyl (C=O) groups is 1. The van der Waals surface area contributed by atoms with Crippen LogP contribution in [-0.2, 0) is 4.79 Å². The van der Waals surface area contributed by atoms with Crippen LogP contribution in [0, 0.1) is 6.92 Å². The molecule has 5 heteroatoms. The van der Waals surface area contributed by atoms with E-state index in [1.54, 1.807) is 6.92 Å². The van der Waals surface area contributed by atoms with Gasteiger partial charge in [0, 0.05) is 0 Å². The van der Waals surface area contributed by atoms with Gasteiger partial charge in [0.1, 0.15) is 0 Å². The van der Waals surface area contributed by atoms with Crippen molar-refractivity contribution in [2.45, 2.75) is 13.1 Å². The first-order valence-electron chi connectivity index (χ1n) is 2.91. The lowest BCUT2D eigenvalue weighted by Crippen LogP contribution is -2.03. The van der Waals surface area contributed by atoms with Crippen molar-refractivity contribution in [2.24, 2.45) is 0 Å². The van der Waals surface area contributed by atoms with Crippen molar-refractivity contribution in [3.8, 4) is 0 Å². The molecular weight excluding hydrogens is 169 g/mol. The van der Waals surface area contributed by atoms with Crippen LogP contribution in [-0.4, -0.2) is 15.4 Å². The second kappa shape index (κ2) is 2.96. The average Bonchev–Trinajstić information content (AvgIpc) is 2.34. The minimum absolute atomic E-state index is 0.148. The molecule has 1 heterocycles. The van der Waals surface area contributed by atoms with Crippen molar-refractivity contribution in [3.63, 3.8) is 0 Å². The minimum atomic E-state index is -1.93. The summed E-state index contributed by atoms with van der Waals surface area (Å²) < 4.78 is 16.4. The Morgan fingerprint density at radius 1 is 1.91 bits per heavy atom. The number of rotatable bonds is 2. The molecule has 0 aromatic carbocycles. The zero-order chi connectivity index (χ0) is 8.43. The van der Waals surface area contributed by atoms with Crippen molar-refractivity contribution >= 4 is 17.5 Å². The van der Waals surface area contributed by atoms with Crippen molar-refractivity contribution in [2.75, 3.05) is 0 Å². The lowest BCUT2D eigenvalue weighted by molar-refractivity contribution is -0.142. The van der Waals surface area contributed by atoms with Crippen LogP contribution in [0.25, 0.3) is 0 Å². The third-order valence-corrected chi connectivity index (χ3v) is 2.03. The van der Waals surface area contributed by atoms with Crippen molar-refractivity contribution in [1.82, 2.24) is 4.37 Å². The fourth-order valence-corrected chi connectivity index (χ4v) is 1.34. The van der Waals surface area contributed by atoms with E-state index in [-0.39, 0.29) is 4.88 Å². The van der Waals surface area contributed by atoms with E-state index < -0.39 is 12.1 Å². The number of aromatic nitrogens is 1. The summed E-state index contributed by atoms with van der Waals surface area (Å²) >= 11 is 0.880. The first-order valence-corrected chi connectivity index (χ1v) is 3.68. The number of alkyl halides is 1. The van der Waals surface area contributed by atoms with E-state index in [0.717, 1.165) is 11.5 Å². The average molecular weight is 175 g/mol. The second-order valence-corrected chi connectivity index (χ2v) is 2.91. The molecule has 11 heavy (non-hydrogen) atoms. The lowest BCUT2D eigenvalue weighted by Gasteiger charge is -1.94. The number of hydrogen-bond donors (Lipinski definition) is 1. The lowest BCUT2D eigenvalue weighted by atomic mass is 10.3. The first-order chi connectivity index (χ1) is 5.11. The van der Waals surface area contributed by atoms with Gasteiger partial charge >= 0.3 is 5.97 Å². The van der Waals surface area contributed by atoms with Gasteiger partial charge in [0.25, 0.3) is 0 Å². The maximum Gasteiger partial charge on any atom is 0.343 e. The molecule has 1 unspecified atom stereocenters. The number of aryl methyl sites for hydroxylation is 1. The molecular formula is C6H6FNO2S.